The summed E-state index contributed by atoms with van der Waals surface area (Å²) in [4.78, 5) is 12.4. The normalized spacial score (nSPS) is 11.1. The van der Waals surface area contributed by atoms with Crippen molar-refractivity contribution in [3.8, 4) is 22.6 Å². The first-order valence-corrected chi connectivity index (χ1v) is 9.95. The van der Waals surface area contributed by atoms with Gasteiger partial charge in [-0.25, -0.2) is 0 Å². The van der Waals surface area contributed by atoms with Gasteiger partial charge in [-0.1, -0.05) is 23.7 Å². The van der Waals surface area contributed by atoms with E-state index in [-0.39, 0.29) is 5.91 Å². The predicted octanol–water partition coefficient (Wildman–Crippen LogP) is 6.42. The van der Waals surface area contributed by atoms with Gasteiger partial charge < -0.3 is 19.2 Å². The summed E-state index contributed by atoms with van der Waals surface area (Å²) in [6, 6.07) is 20.2. The second kappa shape index (κ2) is 8.98. The van der Waals surface area contributed by atoms with Crippen LogP contribution in [0.3, 0.4) is 0 Å². The molecule has 0 atom stereocenters. The van der Waals surface area contributed by atoms with Gasteiger partial charge >= 0.3 is 0 Å². The first kappa shape index (κ1) is 20.6. The number of hydrogen-bond donors (Lipinski definition) is 1. The van der Waals surface area contributed by atoms with Crippen molar-refractivity contribution in [2.45, 2.75) is 0 Å². The molecule has 1 aromatic heterocycles. The Bertz CT molecular complexity index is 1240. The summed E-state index contributed by atoms with van der Waals surface area (Å²) in [6.07, 6.45) is 3.11. The fourth-order valence-corrected chi connectivity index (χ4v) is 3.39. The third-order valence-corrected chi connectivity index (χ3v) is 5.05. The fourth-order valence-electron chi connectivity index (χ4n) is 3.26. The zero-order valence-electron chi connectivity index (χ0n) is 17.0. The molecule has 0 aliphatic heterocycles. The van der Waals surface area contributed by atoms with Crippen LogP contribution in [0.25, 0.3) is 28.2 Å². The molecule has 0 fully saturated rings. The van der Waals surface area contributed by atoms with Crippen molar-refractivity contribution in [2.75, 3.05) is 19.5 Å². The summed E-state index contributed by atoms with van der Waals surface area (Å²) in [7, 11) is 3.21. The Hall–Kier alpha value is -3.70. The highest BCUT2D eigenvalue weighted by atomic mass is 35.5. The molecule has 31 heavy (non-hydrogen) atoms. The van der Waals surface area contributed by atoms with E-state index in [4.69, 9.17) is 25.5 Å². The first-order chi connectivity index (χ1) is 15.1. The van der Waals surface area contributed by atoms with Crippen molar-refractivity contribution in [1.29, 1.82) is 0 Å². The van der Waals surface area contributed by atoms with Crippen LogP contribution in [-0.2, 0) is 4.79 Å². The first-order valence-electron chi connectivity index (χ1n) is 9.57. The quantitative estimate of drug-likeness (QED) is 0.356. The lowest BCUT2D eigenvalue weighted by molar-refractivity contribution is -0.111. The predicted molar refractivity (Wildman–Crippen MR) is 124 cm³/mol. The number of hydrogen-bond acceptors (Lipinski definition) is 4. The molecule has 4 aromatic rings. The maximum absolute atomic E-state index is 12.4. The van der Waals surface area contributed by atoms with Gasteiger partial charge in [-0.15, -0.1) is 0 Å². The minimum atomic E-state index is -0.273. The SMILES string of the molecule is COc1ccc(NC(=O)/C=C/c2oc3ccc(OC)cc3c2-c2ccc(Cl)cc2)cc1. The van der Waals surface area contributed by atoms with E-state index >= 15 is 0 Å². The number of halogens is 1. The van der Waals surface area contributed by atoms with Crippen molar-refractivity contribution >= 4 is 40.2 Å². The lowest BCUT2D eigenvalue weighted by Crippen LogP contribution is -2.07. The molecule has 5 nitrogen and oxygen atoms in total. The van der Waals surface area contributed by atoms with E-state index in [1.54, 1.807) is 44.6 Å². The second-order valence-electron chi connectivity index (χ2n) is 6.76. The van der Waals surface area contributed by atoms with Gasteiger partial charge in [0.05, 0.1) is 14.2 Å². The average Bonchev–Trinajstić information content (AvgIpc) is 3.16. The number of rotatable bonds is 6. The van der Waals surface area contributed by atoms with E-state index in [0.29, 0.717) is 22.1 Å². The van der Waals surface area contributed by atoms with Gasteiger partial charge in [-0.05, 0) is 66.2 Å². The number of carbonyl (C=O) groups is 1. The molecule has 0 saturated carbocycles. The van der Waals surface area contributed by atoms with Crippen molar-refractivity contribution in [1.82, 2.24) is 0 Å². The van der Waals surface area contributed by atoms with E-state index in [2.05, 4.69) is 5.32 Å². The number of anilines is 1. The summed E-state index contributed by atoms with van der Waals surface area (Å²) in [5.74, 6) is 1.73. The molecule has 1 heterocycles. The number of fused-ring (bicyclic) bond motifs is 1. The van der Waals surface area contributed by atoms with Crippen LogP contribution in [0, 0.1) is 0 Å². The fraction of sp³-hybridized carbons (Fsp3) is 0.0800. The number of methoxy groups -OCH3 is 2. The maximum atomic E-state index is 12.4. The van der Waals surface area contributed by atoms with E-state index in [1.807, 2.05) is 42.5 Å². The minimum Gasteiger partial charge on any atom is -0.497 e. The Kier molecular flexibility index (Phi) is 5.96. The van der Waals surface area contributed by atoms with Gasteiger partial charge in [0, 0.05) is 27.7 Å². The van der Waals surface area contributed by atoms with Crippen LogP contribution in [0.1, 0.15) is 5.76 Å². The maximum Gasteiger partial charge on any atom is 0.248 e. The largest absolute Gasteiger partial charge is 0.497 e. The number of furan rings is 1. The summed E-state index contributed by atoms with van der Waals surface area (Å²) in [6.45, 7) is 0. The number of carbonyl (C=O) groups excluding carboxylic acids is 1. The van der Waals surface area contributed by atoms with Crippen molar-refractivity contribution in [2.24, 2.45) is 0 Å². The number of amides is 1. The van der Waals surface area contributed by atoms with Crippen LogP contribution >= 0.6 is 11.6 Å². The molecule has 0 aliphatic carbocycles. The van der Waals surface area contributed by atoms with Gasteiger partial charge in [-0.3, -0.25) is 4.79 Å². The molecule has 0 bridgehead atoms. The molecule has 156 valence electrons. The van der Waals surface area contributed by atoms with E-state index in [1.165, 1.54) is 6.08 Å². The Morgan fingerprint density at radius 3 is 2.29 bits per heavy atom. The van der Waals surface area contributed by atoms with Gasteiger partial charge in [0.1, 0.15) is 22.8 Å². The topological polar surface area (TPSA) is 60.7 Å². The minimum absolute atomic E-state index is 0.273. The van der Waals surface area contributed by atoms with Crippen LogP contribution in [-0.4, -0.2) is 20.1 Å². The number of ether oxygens (including phenoxy) is 2. The molecule has 6 heteroatoms. The average molecular weight is 434 g/mol. The molecule has 0 aliphatic rings. The van der Waals surface area contributed by atoms with Gasteiger partial charge in [0.25, 0.3) is 0 Å². The second-order valence-corrected chi connectivity index (χ2v) is 7.20. The highest BCUT2D eigenvalue weighted by Crippen LogP contribution is 2.38. The summed E-state index contributed by atoms with van der Waals surface area (Å²) >= 11 is 6.06. The van der Waals surface area contributed by atoms with Crippen molar-refractivity contribution in [3.63, 3.8) is 0 Å². The van der Waals surface area contributed by atoms with Crippen LogP contribution in [0.15, 0.2) is 77.2 Å². The molecule has 1 amide bonds. The van der Waals surface area contributed by atoms with Gasteiger partial charge in [0.15, 0.2) is 0 Å². The van der Waals surface area contributed by atoms with Gasteiger partial charge in [-0.2, -0.15) is 0 Å². The Labute approximate surface area is 184 Å². The van der Waals surface area contributed by atoms with Crippen LogP contribution in [0.2, 0.25) is 5.02 Å². The van der Waals surface area contributed by atoms with Crippen molar-refractivity contribution in [3.05, 3.63) is 83.6 Å². The zero-order chi connectivity index (χ0) is 21.8. The number of benzene rings is 3. The van der Waals surface area contributed by atoms with Crippen LogP contribution in [0.4, 0.5) is 5.69 Å². The molecule has 0 spiro atoms. The highest BCUT2D eigenvalue weighted by molar-refractivity contribution is 6.30. The van der Waals surface area contributed by atoms with Gasteiger partial charge in [0.2, 0.25) is 5.91 Å². The van der Waals surface area contributed by atoms with Crippen LogP contribution in [0.5, 0.6) is 11.5 Å². The van der Waals surface area contributed by atoms with E-state index in [9.17, 15) is 4.79 Å². The Morgan fingerprint density at radius 2 is 1.61 bits per heavy atom. The molecular weight excluding hydrogens is 414 g/mol. The standard InChI is InChI=1S/C25H20ClNO4/c1-29-19-9-7-18(8-10-19)27-24(28)14-13-23-25(16-3-5-17(26)6-4-16)21-15-20(30-2)11-12-22(21)31-23/h3-15H,1-2H3,(H,27,28)/b14-13+. The molecule has 0 radical (unpaired) electrons. The lowest BCUT2D eigenvalue weighted by Gasteiger charge is -2.04. The highest BCUT2D eigenvalue weighted by Gasteiger charge is 2.15. The Balaban J connectivity index is 1.67. The van der Waals surface area contributed by atoms with E-state index < -0.39 is 0 Å². The Morgan fingerprint density at radius 1 is 0.935 bits per heavy atom. The molecule has 0 saturated heterocycles. The van der Waals surface area contributed by atoms with Crippen molar-refractivity contribution < 1.29 is 18.7 Å². The molecular formula is C25H20ClNO4. The third kappa shape index (κ3) is 4.57. The third-order valence-electron chi connectivity index (χ3n) is 4.80. The molecule has 1 N–H and O–H groups in total. The molecule has 4 rings (SSSR count). The summed E-state index contributed by atoms with van der Waals surface area (Å²) in [5.41, 5.74) is 3.15. The number of nitrogens with one attached hydrogen (secondary N) is 1. The lowest BCUT2D eigenvalue weighted by atomic mass is 10.0. The van der Waals surface area contributed by atoms with E-state index in [0.717, 1.165) is 28.0 Å². The monoisotopic (exact) mass is 433 g/mol. The summed E-state index contributed by atoms with van der Waals surface area (Å²) < 4.78 is 16.5. The molecule has 0 unspecified atom stereocenters. The molecule has 3 aromatic carbocycles. The van der Waals surface area contributed by atoms with Crippen LogP contribution < -0.4 is 14.8 Å². The zero-order valence-corrected chi connectivity index (χ0v) is 17.8. The summed E-state index contributed by atoms with van der Waals surface area (Å²) in [5, 5.41) is 4.35. The smallest absolute Gasteiger partial charge is 0.248 e.